The van der Waals surface area contributed by atoms with Crippen LogP contribution in [0.1, 0.15) is 0 Å². The van der Waals surface area contributed by atoms with Crippen molar-refractivity contribution in [3.05, 3.63) is 0 Å². The molecule has 0 saturated heterocycles. The minimum absolute atomic E-state index is 0.0968. The molecule has 0 aromatic heterocycles. The van der Waals surface area contributed by atoms with Crippen molar-refractivity contribution in [3.63, 3.8) is 0 Å². The van der Waals surface area contributed by atoms with E-state index in [9.17, 15) is 1.12 Å². The summed E-state index contributed by atoms with van der Waals surface area (Å²) in [5, 5.41) is 0. The van der Waals surface area contributed by atoms with Crippen molar-refractivity contribution < 1.29 is 0 Å². The molecule has 0 aromatic carbocycles. The molecular weight excluding hydrogens is 1220 g/mol. The van der Waals surface area contributed by atoms with Gasteiger partial charge in [0.15, 0.2) is 0 Å². The van der Waals surface area contributed by atoms with Crippen LogP contribution in [0.4, 0.5) is 0 Å². The molecule has 40 heavy (non-hydrogen) atoms. The summed E-state index contributed by atoms with van der Waals surface area (Å²) in [5.41, 5.74) is 1.82. The average molecular weight is 1260 g/mol. The topological polar surface area (TPSA) is 0 Å². The zero-order chi connectivity index (χ0) is 32.5. The molecule has 0 fully saturated rings. The van der Waals surface area contributed by atoms with Crippen molar-refractivity contribution in [2.75, 3.05) is 0 Å². The summed E-state index contributed by atoms with van der Waals surface area (Å²) in [7, 11) is 61.6. The summed E-state index contributed by atoms with van der Waals surface area (Å²) in [6.45, 7) is -3.07. The predicted octanol–water partition coefficient (Wildman–Crippen LogP) is 22.0. The van der Waals surface area contributed by atoms with Gasteiger partial charge >= 0.3 is 324 Å². The maximum atomic E-state index is 9.26. The second-order valence-corrected chi connectivity index (χ2v) is 157. The van der Waals surface area contributed by atoms with Crippen LogP contribution in [0.3, 0.4) is 0 Å². The summed E-state index contributed by atoms with van der Waals surface area (Å²) in [6.07, 6.45) is 0. The Morgan fingerprint density at radius 2 is 0.750 bits per heavy atom. The normalized spacial score (nSPS) is 18.1. The summed E-state index contributed by atoms with van der Waals surface area (Å²) in [4.78, 5) is 0. The molecule has 24 atom stereocenters. The van der Waals surface area contributed by atoms with Crippen molar-refractivity contribution in [3.8, 4) is 0 Å². The SMILES string of the molecule is [3H]S(B=S)=PP(P(P(P(P)P)P(P)P)P(P(P)P)P(P)P)P(P(P(P)P)P(P)P)P(P(P)PP)P(P(P)P)P(P)P. The molecule has 0 bridgehead atoms. The number of hydrogen-bond acceptors (Lipinski definition) is 1. The number of thiol groups is 1. The molecule has 0 amide bonds. The van der Waals surface area contributed by atoms with E-state index in [1.54, 1.807) is 0 Å². The molecule has 40 heteroatoms. The molecule has 238 valence electrons. The summed E-state index contributed by atoms with van der Waals surface area (Å²) in [5.74, 6) is 0. The first-order valence-electron chi connectivity index (χ1n) is 9.36. The molecule has 0 aliphatic rings. The molecule has 0 saturated carbocycles. The Morgan fingerprint density at radius 3 is 0.975 bits per heavy atom. The van der Waals surface area contributed by atoms with E-state index in [1.165, 1.54) is 7.04 Å². The van der Waals surface area contributed by atoms with Gasteiger partial charge < -0.3 is 0 Å². The van der Waals surface area contributed by atoms with Gasteiger partial charge in [0.25, 0.3) is 0 Å². The Labute approximate surface area is 319 Å². The van der Waals surface area contributed by atoms with Crippen LogP contribution in [-0.2, 0) is 10.7 Å². The van der Waals surface area contributed by atoms with E-state index in [2.05, 4.69) is 161 Å². The van der Waals surface area contributed by atoms with Gasteiger partial charge in [-0.3, -0.25) is 0 Å². The van der Waals surface area contributed by atoms with Crippen LogP contribution < -0.4 is 0 Å². The van der Waals surface area contributed by atoms with Crippen LogP contribution in [0.25, 0.3) is 0 Å². The quantitative estimate of drug-likeness (QED) is 0.0764. The monoisotopic (exact) mass is 1260 g/mol. The number of hydrogen-bond donors (Lipinski definition) is 1. The Balaban J connectivity index is 8.33. The maximum absolute atomic E-state index is 9.26. The first-order chi connectivity index (χ1) is 18.8. The Morgan fingerprint density at radius 1 is 0.500 bits per heavy atom. The summed E-state index contributed by atoms with van der Waals surface area (Å²) in [6, 6.07) is 0. The Hall–Kier alpha value is 16.4. The zero-order valence-electron chi connectivity index (χ0n) is 21.3. The van der Waals surface area contributed by atoms with Gasteiger partial charge in [-0.2, -0.15) is 0 Å². The van der Waals surface area contributed by atoms with Gasteiger partial charge in [-0.1, -0.05) is 0 Å². The van der Waals surface area contributed by atoms with E-state index in [0.717, 1.165) is 7.96 Å². The van der Waals surface area contributed by atoms with Gasteiger partial charge in [0, 0.05) is 0 Å². The van der Waals surface area contributed by atoms with Gasteiger partial charge in [-0.15, -0.1) is 0 Å². The molecule has 0 N–H and O–H groups in total. The zero-order valence-corrected chi connectivity index (χ0v) is 59.9. The van der Waals surface area contributed by atoms with Gasteiger partial charge in [0.05, 0.1) is 0 Å². The molecule has 0 aromatic rings. The molecule has 0 rings (SSSR count). The van der Waals surface area contributed by atoms with Crippen LogP contribution in [-0.4, -0.2) is 6.56 Å². The van der Waals surface area contributed by atoms with Crippen LogP contribution in [0.2, 0.25) is 0 Å². The fourth-order valence-corrected chi connectivity index (χ4v) is 510. The van der Waals surface area contributed by atoms with Gasteiger partial charge in [0.2, 0.25) is 0 Å². The molecule has 0 aliphatic carbocycles. The standard InChI is InChI=1S/BH38P37S2/c2-20-30(19)36(32(22(3)4)23(5)6)38(35(28(15)16)29(17)18)31(21-40-1-39)37(33(24(7)8)25(9)10)34(26(11)12)27(13)14/h20,40H,2-19H2/i40T. The van der Waals surface area contributed by atoms with Crippen molar-refractivity contribution in [1.82, 2.24) is 0 Å². The van der Waals surface area contributed by atoms with Crippen LogP contribution in [0.5, 0.6) is 0 Å². The molecule has 0 radical (unpaired) electrons. The second-order valence-electron chi connectivity index (χ2n) is 5.94. The predicted molar refractivity (Wildman–Crippen MR) is 330 cm³/mol. The second kappa shape index (κ2) is 32.2. The van der Waals surface area contributed by atoms with E-state index in [0.29, 0.717) is 0 Å². The van der Waals surface area contributed by atoms with Crippen LogP contribution >= 0.6 is 307 Å². The van der Waals surface area contributed by atoms with Crippen molar-refractivity contribution in [1.29, 1.82) is 1.12 Å². The molecule has 0 spiro atoms. The number of rotatable bonds is 19. The van der Waals surface area contributed by atoms with E-state index < -0.39 is 10.7 Å². The van der Waals surface area contributed by atoms with Gasteiger partial charge in [0.1, 0.15) is 0 Å². The third-order valence-corrected chi connectivity index (χ3v) is 259. The van der Waals surface area contributed by atoms with Crippen LogP contribution in [0.15, 0.2) is 0 Å². The van der Waals surface area contributed by atoms with Gasteiger partial charge in [-0.25, -0.2) is 0 Å². The molecule has 0 heterocycles. The van der Waals surface area contributed by atoms with Crippen molar-refractivity contribution in [2.45, 2.75) is 0 Å². The van der Waals surface area contributed by atoms with Crippen molar-refractivity contribution >= 4 is 323 Å². The molecule has 0 aliphatic heterocycles. The fourth-order valence-electron chi connectivity index (χ4n) is 2.14. The molecule has 0 nitrogen and oxygen atoms in total. The van der Waals surface area contributed by atoms with E-state index in [4.69, 9.17) is 12.1 Å². The average Bonchev–Trinajstić information content (AvgIpc) is 2.81. The first kappa shape index (κ1) is 54.4. The third kappa shape index (κ3) is 20.8. The van der Waals surface area contributed by atoms with E-state index in [1.807, 2.05) is 5.43 Å². The minimum atomic E-state index is -0.573. The van der Waals surface area contributed by atoms with Gasteiger partial charge in [-0.05, 0) is 0 Å². The van der Waals surface area contributed by atoms with E-state index >= 15 is 0 Å². The Kier molecular flexibility index (Phi) is 43.8. The molecule has 24 unspecified atom stereocenters. The third-order valence-electron chi connectivity index (χ3n) is 3.26. The summed E-state index contributed by atoms with van der Waals surface area (Å²) >= 11 is 5.56. The first-order valence-corrected chi connectivity index (χ1v) is 77.8. The van der Waals surface area contributed by atoms with E-state index in [-0.39, 0.29) is 119 Å². The van der Waals surface area contributed by atoms with Crippen LogP contribution in [0, 0.1) is 0 Å². The Bertz CT molecular complexity index is 702. The fraction of sp³-hybridized carbons (Fsp3) is 0. The molecular formula is H38BP37S2. The van der Waals surface area contributed by atoms with Crippen molar-refractivity contribution in [2.24, 2.45) is 0 Å². The summed E-state index contributed by atoms with van der Waals surface area (Å²) < 4.78 is 9.26.